The van der Waals surface area contributed by atoms with Crippen LogP contribution < -0.4 is 4.74 Å². The van der Waals surface area contributed by atoms with Gasteiger partial charge in [0.05, 0.1) is 24.2 Å². The van der Waals surface area contributed by atoms with E-state index in [1.165, 1.54) is 0 Å². The molecule has 3 rings (SSSR count). The van der Waals surface area contributed by atoms with E-state index in [2.05, 4.69) is 4.90 Å². The molecule has 1 aromatic carbocycles. The van der Waals surface area contributed by atoms with Crippen LogP contribution in [0.3, 0.4) is 0 Å². The van der Waals surface area contributed by atoms with Gasteiger partial charge in [-0.3, -0.25) is 9.69 Å². The number of hydrogen-bond acceptors (Lipinski definition) is 5. The number of fused-ring (bicyclic) bond motifs is 1. The quantitative estimate of drug-likeness (QED) is 0.707. The molecule has 2 saturated heterocycles. The van der Waals surface area contributed by atoms with Crippen molar-refractivity contribution in [2.45, 2.75) is 31.8 Å². The molecule has 25 heavy (non-hydrogen) atoms. The number of amides is 1. The van der Waals surface area contributed by atoms with Crippen LogP contribution in [0.25, 0.3) is 0 Å². The van der Waals surface area contributed by atoms with Gasteiger partial charge in [0, 0.05) is 25.6 Å². The average Bonchev–Trinajstić information content (AvgIpc) is 2.93. The highest BCUT2D eigenvalue weighted by Crippen LogP contribution is 2.27. The molecule has 0 aromatic heterocycles. The molecule has 2 atom stereocenters. The van der Waals surface area contributed by atoms with E-state index in [9.17, 15) is 13.2 Å². The number of sulfone groups is 1. The van der Waals surface area contributed by atoms with Gasteiger partial charge in [-0.25, -0.2) is 8.42 Å². The molecule has 138 valence electrons. The number of benzene rings is 1. The predicted octanol–water partition coefficient (Wildman–Crippen LogP) is 1.18. The zero-order chi connectivity index (χ0) is 17.9. The molecule has 0 N–H and O–H groups in total. The molecule has 6 nitrogen and oxygen atoms in total. The monoisotopic (exact) mass is 366 g/mol. The maximum atomic E-state index is 12.6. The summed E-state index contributed by atoms with van der Waals surface area (Å²) in [6.45, 7) is 4.71. The second kappa shape index (κ2) is 7.74. The topological polar surface area (TPSA) is 66.9 Å². The highest BCUT2D eigenvalue weighted by Gasteiger charge is 2.47. The molecule has 2 aliphatic heterocycles. The molecule has 0 radical (unpaired) electrons. The van der Waals surface area contributed by atoms with Gasteiger partial charge in [0.2, 0.25) is 5.91 Å². The van der Waals surface area contributed by atoms with Crippen LogP contribution in [0.15, 0.2) is 30.3 Å². The smallest absolute Gasteiger partial charge is 0.223 e. The third kappa shape index (κ3) is 4.33. The summed E-state index contributed by atoms with van der Waals surface area (Å²) in [4.78, 5) is 16.6. The average molecular weight is 366 g/mol. The fourth-order valence-corrected chi connectivity index (χ4v) is 5.81. The van der Waals surface area contributed by atoms with Gasteiger partial charge in [0.15, 0.2) is 9.84 Å². The van der Waals surface area contributed by atoms with Crippen molar-refractivity contribution in [2.24, 2.45) is 0 Å². The van der Waals surface area contributed by atoms with Crippen LogP contribution in [0, 0.1) is 0 Å². The van der Waals surface area contributed by atoms with E-state index in [1.807, 2.05) is 37.3 Å². The summed E-state index contributed by atoms with van der Waals surface area (Å²) in [7, 11) is -3.06. The number of para-hydroxylation sites is 1. The molecule has 0 bridgehead atoms. The Labute approximate surface area is 149 Å². The van der Waals surface area contributed by atoms with Gasteiger partial charge in [-0.1, -0.05) is 25.1 Å². The van der Waals surface area contributed by atoms with Gasteiger partial charge in [-0.15, -0.1) is 0 Å². The Hall–Kier alpha value is -1.60. The van der Waals surface area contributed by atoms with Crippen LogP contribution in [0.1, 0.15) is 19.8 Å². The number of carbonyl (C=O) groups excluding carboxylic acids is 1. The summed E-state index contributed by atoms with van der Waals surface area (Å²) in [6.07, 6.45) is 1.02. The molecule has 1 aromatic rings. The van der Waals surface area contributed by atoms with Gasteiger partial charge in [-0.2, -0.15) is 0 Å². The number of nitrogens with zero attached hydrogens (tertiary/aromatic N) is 2. The lowest BCUT2D eigenvalue weighted by atomic mass is 10.0. The van der Waals surface area contributed by atoms with Crippen LogP contribution in [0.5, 0.6) is 5.75 Å². The van der Waals surface area contributed by atoms with Crippen molar-refractivity contribution in [3.8, 4) is 5.75 Å². The summed E-state index contributed by atoms with van der Waals surface area (Å²) in [5.41, 5.74) is 0. The normalized spacial score (nSPS) is 25.6. The Balaban J connectivity index is 1.53. The maximum Gasteiger partial charge on any atom is 0.223 e. The number of piperazine rings is 1. The van der Waals surface area contributed by atoms with Gasteiger partial charge in [0.25, 0.3) is 0 Å². The van der Waals surface area contributed by atoms with E-state index in [-0.39, 0.29) is 29.5 Å². The van der Waals surface area contributed by atoms with Crippen molar-refractivity contribution in [3.63, 3.8) is 0 Å². The molecular weight excluding hydrogens is 340 g/mol. The molecular formula is C18H26N2O4S. The minimum atomic E-state index is -3.06. The molecule has 0 aliphatic carbocycles. The molecule has 2 fully saturated rings. The second-order valence-corrected chi connectivity index (χ2v) is 8.85. The number of hydrogen-bond donors (Lipinski definition) is 0. The van der Waals surface area contributed by atoms with E-state index in [4.69, 9.17) is 4.74 Å². The lowest BCUT2D eigenvalue weighted by molar-refractivity contribution is -0.137. The first kappa shape index (κ1) is 18.2. The summed E-state index contributed by atoms with van der Waals surface area (Å²) in [5, 5.41) is 0. The first-order valence-corrected chi connectivity index (χ1v) is 10.7. The minimum Gasteiger partial charge on any atom is -0.494 e. The molecule has 2 heterocycles. The third-order valence-electron chi connectivity index (χ3n) is 5.06. The Kier molecular flexibility index (Phi) is 5.64. The summed E-state index contributed by atoms with van der Waals surface area (Å²) < 4.78 is 29.7. The Morgan fingerprint density at radius 1 is 1.16 bits per heavy atom. The number of likely N-dealkylation sites (N-methyl/N-ethyl adjacent to an activating group) is 1. The largest absolute Gasteiger partial charge is 0.494 e. The van der Waals surface area contributed by atoms with Gasteiger partial charge < -0.3 is 9.64 Å². The molecule has 0 unspecified atom stereocenters. The highest BCUT2D eigenvalue weighted by molar-refractivity contribution is 7.91. The minimum absolute atomic E-state index is 0.0412. The van der Waals surface area contributed by atoms with Crippen LogP contribution in [0.2, 0.25) is 0 Å². The first-order chi connectivity index (χ1) is 12.0. The van der Waals surface area contributed by atoms with Crippen LogP contribution in [-0.2, 0) is 14.6 Å². The van der Waals surface area contributed by atoms with Crippen molar-refractivity contribution < 1.29 is 17.9 Å². The van der Waals surface area contributed by atoms with Crippen LogP contribution in [0.4, 0.5) is 0 Å². The van der Waals surface area contributed by atoms with Gasteiger partial charge >= 0.3 is 0 Å². The number of carbonyl (C=O) groups is 1. The number of ether oxygens (including phenoxy) is 1. The van der Waals surface area contributed by atoms with E-state index in [1.54, 1.807) is 4.90 Å². The van der Waals surface area contributed by atoms with E-state index in [0.29, 0.717) is 26.0 Å². The molecule has 7 heteroatoms. The van der Waals surface area contributed by atoms with E-state index >= 15 is 0 Å². The molecule has 0 saturated carbocycles. The van der Waals surface area contributed by atoms with Crippen molar-refractivity contribution >= 4 is 15.7 Å². The van der Waals surface area contributed by atoms with Crippen LogP contribution in [-0.4, -0.2) is 74.0 Å². The number of rotatable bonds is 6. The predicted molar refractivity (Wildman–Crippen MR) is 96.4 cm³/mol. The van der Waals surface area contributed by atoms with E-state index in [0.717, 1.165) is 18.8 Å². The Bertz CT molecular complexity index is 692. The maximum absolute atomic E-state index is 12.6. The SMILES string of the molecule is CCN1CCN(C(=O)CCCOc2ccccc2)[C@H]2CS(=O)(=O)C[C@H]21. The first-order valence-electron chi connectivity index (χ1n) is 8.92. The van der Waals surface area contributed by atoms with Crippen molar-refractivity contribution in [3.05, 3.63) is 30.3 Å². The third-order valence-corrected chi connectivity index (χ3v) is 6.76. The molecule has 2 aliphatic rings. The fraction of sp³-hybridized carbons (Fsp3) is 0.611. The Morgan fingerprint density at radius 3 is 2.60 bits per heavy atom. The lowest BCUT2D eigenvalue weighted by Gasteiger charge is -2.43. The van der Waals surface area contributed by atoms with Crippen molar-refractivity contribution in [1.29, 1.82) is 0 Å². The molecule has 1 amide bonds. The molecule has 0 spiro atoms. The zero-order valence-electron chi connectivity index (χ0n) is 14.6. The fourth-order valence-electron chi connectivity index (χ4n) is 3.80. The van der Waals surface area contributed by atoms with Crippen molar-refractivity contribution in [2.75, 3.05) is 37.7 Å². The zero-order valence-corrected chi connectivity index (χ0v) is 15.5. The van der Waals surface area contributed by atoms with Gasteiger partial charge in [0.1, 0.15) is 5.75 Å². The summed E-state index contributed by atoms with van der Waals surface area (Å²) in [6, 6.07) is 9.29. The highest BCUT2D eigenvalue weighted by atomic mass is 32.2. The standard InChI is InChI=1S/C18H26N2O4S/c1-2-19-10-11-20(17-14-25(22,23)13-16(17)19)18(21)9-6-12-24-15-7-4-3-5-8-15/h3-5,7-8,16-17H,2,6,9-14H2,1H3/t16-,17+/m1/s1. The van der Waals surface area contributed by atoms with Crippen molar-refractivity contribution in [1.82, 2.24) is 9.80 Å². The summed E-state index contributed by atoms with van der Waals surface area (Å²) in [5.74, 6) is 1.11. The van der Waals surface area contributed by atoms with Crippen LogP contribution >= 0.6 is 0 Å². The summed E-state index contributed by atoms with van der Waals surface area (Å²) >= 11 is 0. The van der Waals surface area contributed by atoms with Gasteiger partial charge in [-0.05, 0) is 25.1 Å². The Morgan fingerprint density at radius 2 is 1.88 bits per heavy atom. The second-order valence-electron chi connectivity index (χ2n) is 6.69. The lowest BCUT2D eigenvalue weighted by Crippen LogP contribution is -2.60. The van der Waals surface area contributed by atoms with E-state index < -0.39 is 9.84 Å².